The fraction of sp³-hybridized carbons (Fsp3) is 0.394. The van der Waals surface area contributed by atoms with Gasteiger partial charge in [0.25, 0.3) is 0 Å². The molecule has 8 nitrogen and oxygen atoms in total. The predicted molar refractivity (Wildman–Crippen MR) is 161 cm³/mol. The Balaban J connectivity index is 1.58. The summed E-state index contributed by atoms with van der Waals surface area (Å²) in [5.41, 5.74) is 2.39. The van der Waals surface area contributed by atoms with Crippen LogP contribution in [0.5, 0.6) is 5.75 Å². The molecular formula is C33H40N4O4. The molecule has 0 aliphatic heterocycles. The summed E-state index contributed by atoms with van der Waals surface area (Å²) in [6, 6.07) is 19.5. The van der Waals surface area contributed by atoms with Crippen molar-refractivity contribution in [3.63, 3.8) is 0 Å². The van der Waals surface area contributed by atoms with Crippen LogP contribution in [-0.2, 0) is 14.4 Å². The lowest BCUT2D eigenvalue weighted by atomic mass is 9.94. The molecule has 8 heteroatoms. The molecule has 3 aromatic rings. The number of aromatic nitrogens is 1. The number of rotatable bonds is 12. The maximum Gasteiger partial charge on any atom is 0.248 e. The van der Waals surface area contributed by atoms with Crippen molar-refractivity contribution in [3.8, 4) is 5.75 Å². The Kier molecular flexibility index (Phi) is 10.9. The van der Waals surface area contributed by atoms with Crippen molar-refractivity contribution < 1.29 is 19.1 Å². The quantitative estimate of drug-likeness (QED) is 0.280. The molecule has 0 spiro atoms. The minimum absolute atomic E-state index is 0.0895. The first-order valence-corrected chi connectivity index (χ1v) is 14.6. The highest BCUT2D eigenvalue weighted by molar-refractivity contribution is 6.01. The van der Waals surface area contributed by atoms with Gasteiger partial charge in [0.05, 0.1) is 6.61 Å². The van der Waals surface area contributed by atoms with Crippen molar-refractivity contribution in [2.45, 2.75) is 77.3 Å². The lowest BCUT2D eigenvalue weighted by Gasteiger charge is -2.33. The Morgan fingerprint density at radius 3 is 2.34 bits per heavy atom. The Bertz CT molecular complexity index is 1270. The molecular weight excluding hydrogens is 516 g/mol. The number of pyridine rings is 1. The van der Waals surface area contributed by atoms with E-state index in [-0.39, 0.29) is 36.6 Å². The smallest absolute Gasteiger partial charge is 0.248 e. The summed E-state index contributed by atoms with van der Waals surface area (Å²) < 4.78 is 5.62. The van der Waals surface area contributed by atoms with E-state index >= 15 is 0 Å². The summed E-state index contributed by atoms with van der Waals surface area (Å²) in [6.45, 7) is 4.44. The van der Waals surface area contributed by atoms with Crippen LogP contribution in [0.2, 0.25) is 0 Å². The molecule has 1 atom stereocenters. The largest absolute Gasteiger partial charge is 0.494 e. The van der Waals surface area contributed by atoms with Crippen molar-refractivity contribution in [1.29, 1.82) is 0 Å². The van der Waals surface area contributed by atoms with Crippen LogP contribution in [0.3, 0.4) is 0 Å². The third-order valence-corrected chi connectivity index (χ3v) is 7.27. The van der Waals surface area contributed by atoms with E-state index in [1.807, 2.05) is 62.4 Å². The van der Waals surface area contributed by atoms with E-state index in [9.17, 15) is 14.4 Å². The maximum atomic E-state index is 14.0. The van der Waals surface area contributed by atoms with Gasteiger partial charge >= 0.3 is 0 Å². The third-order valence-electron chi connectivity index (χ3n) is 7.27. The number of ether oxygens (including phenoxy) is 1. The van der Waals surface area contributed by atoms with Gasteiger partial charge in [-0.25, -0.2) is 4.98 Å². The molecule has 1 saturated carbocycles. The third kappa shape index (κ3) is 8.64. The highest BCUT2D eigenvalue weighted by Crippen LogP contribution is 2.31. The number of nitrogens with zero attached hydrogens (tertiary/aromatic N) is 2. The van der Waals surface area contributed by atoms with E-state index < -0.39 is 6.04 Å². The summed E-state index contributed by atoms with van der Waals surface area (Å²) >= 11 is 0. The molecule has 1 aliphatic rings. The van der Waals surface area contributed by atoms with Gasteiger partial charge in [-0.15, -0.1) is 0 Å². The average Bonchev–Trinajstić information content (AvgIpc) is 2.98. The molecule has 2 aromatic carbocycles. The van der Waals surface area contributed by atoms with Crippen LogP contribution >= 0.6 is 0 Å². The molecule has 1 fully saturated rings. The molecule has 0 saturated heterocycles. The number of hydrogen-bond acceptors (Lipinski definition) is 5. The SMILES string of the molecule is CCOc1ccc([C@H](C(=O)NC2CCCCC2)N(C(=O)CCCC(=O)Nc2ccccn2)c2ccc(C)cc2)cc1. The van der Waals surface area contributed by atoms with Gasteiger partial charge in [0.2, 0.25) is 17.7 Å². The highest BCUT2D eigenvalue weighted by atomic mass is 16.5. The molecule has 0 radical (unpaired) electrons. The van der Waals surface area contributed by atoms with Crippen LogP contribution in [0.1, 0.15) is 75.5 Å². The minimum Gasteiger partial charge on any atom is -0.494 e. The topological polar surface area (TPSA) is 101 Å². The molecule has 3 amide bonds. The van der Waals surface area contributed by atoms with Gasteiger partial charge in [-0.1, -0.05) is 55.2 Å². The van der Waals surface area contributed by atoms with Crippen LogP contribution in [0.15, 0.2) is 72.9 Å². The van der Waals surface area contributed by atoms with E-state index in [4.69, 9.17) is 4.74 Å². The number of benzene rings is 2. The summed E-state index contributed by atoms with van der Waals surface area (Å²) in [6.07, 6.45) is 7.42. The number of nitrogens with one attached hydrogen (secondary N) is 2. The maximum absolute atomic E-state index is 14.0. The van der Waals surface area contributed by atoms with Gasteiger partial charge in [-0.2, -0.15) is 0 Å². The Morgan fingerprint density at radius 1 is 0.951 bits per heavy atom. The monoisotopic (exact) mass is 556 g/mol. The van der Waals surface area contributed by atoms with Gasteiger partial charge < -0.3 is 15.4 Å². The van der Waals surface area contributed by atoms with Crippen LogP contribution in [0, 0.1) is 6.92 Å². The first kappa shape index (κ1) is 29.8. The molecule has 1 heterocycles. The lowest BCUT2D eigenvalue weighted by molar-refractivity contribution is -0.127. The standard InChI is InChI=1S/C33H40N4O4/c1-3-41-28-21-17-25(18-22-28)32(33(40)35-26-10-5-4-6-11-26)37(27-19-15-24(2)16-20-27)31(39)14-9-13-30(38)36-29-12-7-8-23-34-29/h7-8,12,15-23,26,32H,3-6,9-11,13-14H2,1-2H3,(H,35,40)(H,34,36,38)/t32-/m1/s1. The van der Waals surface area contributed by atoms with Crippen molar-refractivity contribution in [1.82, 2.24) is 10.3 Å². The Hall–Kier alpha value is -4.20. The van der Waals surface area contributed by atoms with Gasteiger partial charge in [0.1, 0.15) is 17.6 Å². The number of aryl methyl sites for hydroxylation is 1. The molecule has 2 N–H and O–H groups in total. The highest BCUT2D eigenvalue weighted by Gasteiger charge is 2.34. The predicted octanol–water partition coefficient (Wildman–Crippen LogP) is 6.12. The second-order valence-corrected chi connectivity index (χ2v) is 10.5. The second kappa shape index (κ2) is 15.0. The molecule has 1 aromatic heterocycles. The molecule has 216 valence electrons. The van der Waals surface area contributed by atoms with E-state index in [1.165, 1.54) is 6.42 Å². The average molecular weight is 557 g/mol. The van der Waals surface area contributed by atoms with Crippen molar-refractivity contribution in [3.05, 3.63) is 84.1 Å². The summed E-state index contributed by atoms with van der Waals surface area (Å²) in [5, 5.41) is 6.00. The first-order chi connectivity index (χ1) is 19.9. The summed E-state index contributed by atoms with van der Waals surface area (Å²) in [5.74, 6) is 0.534. The number of carbonyl (C=O) groups is 3. The van der Waals surface area contributed by atoms with Crippen LogP contribution in [0.4, 0.5) is 11.5 Å². The zero-order valence-electron chi connectivity index (χ0n) is 24.0. The molecule has 4 rings (SSSR count). The molecule has 0 bridgehead atoms. The molecule has 1 aliphatic carbocycles. The number of anilines is 2. The van der Waals surface area contributed by atoms with Gasteiger partial charge in [0.15, 0.2) is 0 Å². The fourth-order valence-electron chi connectivity index (χ4n) is 5.16. The van der Waals surface area contributed by atoms with E-state index in [2.05, 4.69) is 15.6 Å². The number of carbonyl (C=O) groups excluding carboxylic acids is 3. The lowest BCUT2D eigenvalue weighted by Crippen LogP contribution is -2.47. The van der Waals surface area contributed by atoms with Gasteiger partial charge in [0, 0.05) is 30.8 Å². The summed E-state index contributed by atoms with van der Waals surface area (Å²) in [7, 11) is 0. The van der Waals surface area contributed by atoms with Crippen LogP contribution < -0.4 is 20.3 Å². The Labute approximate surface area is 242 Å². The number of hydrogen-bond donors (Lipinski definition) is 2. The first-order valence-electron chi connectivity index (χ1n) is 14.6. The van der Waals surface area contributed by atoms with E-state index in [0.717, 1.165) is 31.2 Å². The molecule has 0 unspecified atom stereocenters. The zero-order valence-corrected chi connectivity index (χ0v) is 24.0. The molecule has 41 heavy (non-hydrogen) atoms. The van der Waals surface area contributed by atoms with Gasteiger partial charge in [-0.3, -0.25) is 19.3 Å². The fourth-order valence-corrected chi connectivity index (χ4v) is 5.16. The second-order valence-electron chi connectivity index (χ2n) is 10.5. The Morgan fingerprint density at radius 2 is 1.68 bits per heavy atom. The normalized spacial score (nSPS) is 14.1. The number of amides is 3. The van der Waals surface area contributed by atoms with Crippen molar-refractivity contribution in [2.75, 3.05) is 16.8 Å². The minimum atomic E-state index is -0.870. The van der Waals surface area contributed by atoms with Crippen LogP contribution in [0.25, 0.3) is 0 Å². The van der Waals surface area contributed by atoms with Crippen molar-refractivity contribution in [2.24, 2.45) is 0 Å². The van der Waals surface area contributed by atoms with E-state index in [1.54, 1.807) is 29.3 Å². The van der Waals surface area contributed by atoms with Crippen molar-refractivity contribution >= 4 is 29.2 Å². The van der Waals surface area contributed by atoms with E-state index in [0.29, 0.717) is 35.8 Å². The van der Waals surface area contributed by atoms with Gasteiger partial charge in [-0.05, 0) is 75.1 Å². The zero-order chi connectivity index (χ0) is 29.0. The summed E-state index contributed by atoms with van der Waals surface area (Å²) in [4.78, 5) is 46.1. The van der Waals surface area contributed by atoms with Crippen LogP contribution in [-0.4, -0.2) is 35.4 Å².